The number of rotatable bonds is 2. The highest BCUT2D eigenvalue weighted by Crippen LogP contribution is 2.25. The van der Waals surface area contributed by atoms with Gasteiger partial charge in [0, 0.05) is 6.07 Å². The van der Waals surface area contributed by atoms with Crippen LogP contribution < -0.4 is 5.48 Å². The maximum atomic E-state index is 12.8. The third kappa shape index (κ3) is 1.73. The number of nitrogens with one attached hydrogen (secondary N) is 1. The van der Waals surface area contributed by atoms with Gasteiger partial charge in [0.15, 0.2) is 23.2 Å². The first-order valence-corrected chi connectivity index (χ1v) is 3.30. The lowest BCUT2D eigenvalue weighted by molar-refractivity contribution is 0.158. The van der Waals surface area contributed by atoms with Crippen LogP contribution in [0.5, 0.6) is 5.75 Å². The predicted molar refractivity (Wildman–Crippen MR) is 36.6 cm³/mol. The van der Waals surface area contributed by atoms with E-state index >= 15 is 0 Å². The highest BCUT2D eigenvalue weighted by Gasteiger charge is 2.17. The predicted octanol–water partition coefficient (Wildman–Crippen LogP) is 1.29. The Balaban J connectivity index is 3.28. The van der Waals surface area contributed by atoms with Crippen LogP contribution in [0.3, 0.4) is 0 Å². The number of aromatic hydroxyl groups is 1. The summed E-state index contributed by atoms with van der Waals surface area (Å²) >= 11 is 0. The molecule has 0 atom stereocenters. The Bertz CT molecular complexity index is 304. The van der Waals surface area contributed by atoms with Crippen molar-refractivity contribution in [1.82, 2.24) is 5.48 Å². The van der Waals surface area contributed by atoms with E-state index in [-0.39, 0.29) is 6.07 Å². The van der Waals surface area contributed by atoms with Gasteiger partial charge in [0.05, 0.1) is 12.1 Å². The SMILES string of the molecule is ONCc1c(O)c(F)cc(F)c1F. The van der Waals surface area contributed by atoms with Crippen LogP contribution in [0.25, 0.3) is 0 Å². The van der Waals surface area contributed by atoms with Gasteiger partial charge in [-0.1, -0.05) is 0 Å². The van der Waals surface area contributed by atoms with Crippen LogP contribution in [0.15, 0.2) is 6.07 Å². The fraction of sp³-hybridized carbons (Fsp3) is 0.143. The van der Waals surface area contributed by atoms with E-state index in [9.17, 15) is 13.2 Å². The molecule has 1 aromatic rings. The van der Waals surface area contributed by atoms with Gasteiger partial charge in [0.1, 0.15) is 0 Å². The number of benzene rings is 1. The summed E-state index contributed by atoms with van der Waals surface area (Å²) in [4.78, 5) is 0. The van der Waals surface area contributed by atoms with Gasteiger partial charge < -0.3 is 10.3 Å². The highest BCUT2D eigenvalue weighted by atomic mass is 19.2. The molecule has 0 fully saturated rings. The summed E-state index contributed by atoms with van der Waals surface area (Å²) < 4.78 is 37.9. The molecule has 6 heteroatoms. The Hall–Kier alpha value is -1.27. The summed E-state index contributed by atoms with van der Waals surface area (Å²) in [6.45, 7) is -0.577. The van der Waals surface area contributed by atoms with E-state index in [0.717, 1.165) is 0 Å². The third-order valence-electron chi connectivity index (χ3n) is 1.50. The van der Waals surface area contributed by atoms with Gasteiger partial charge in [-0.3, -0.25) is 0 Å². The average molecular weight is 193 g/mol. The van der Waals surface area contributed by atoms with Crippen LogP contribution in [0, 0.1) is 17.5 Å². The standard InChI is InChI=1S/C7H6F3NO2/c8-4-1-5(9)7(12)3(2-11-13)6(4)10/h1,11-13H,2H2. The minimum absolute atomic E-state index is 0.228. The molecule has 72 valence electrons. The van der Waals surface area contributed by atoms with Crippen molar-refractivity contribution < 1.29 is 23.5 Å². The van der Waals surface area contributed by atoms with E-state index in [1.807, 2.05) is 0 Å². The maximum absolute atomic E-state index is 12.8. The molecule has 1 rings (SSSR count). The topological polar surface area (TPSA) is 52.5 Å². The van der Waals surface area contributed by atoms with Crippen molar-refractivity contribution in [3.63, 3.8) is 0 Å². The smallest absolute Gasteiger partial charge is 0.168 e. The minimum Gasteiger partial charge on any atom is -0.505 e. The molecule has 0 saturated heterocycles. The molecule has 1 aromatic carbocycles. The van der Waals surface area contributed by atoms with E-state index in [1.165, 1.54) is 5.48 Å². The minimum atomic E-state index is -1.42. The molecule has 0 saturated carbocycles. The van der Waals surface area contributed by atoms with Crippen LogP contribution in [0.2, 0.25) is 0 Å². The zero-order valence-electron chi connectivity index (χ0n) is 6.31. The van der Waals surface area contributed by atoms with E-state index in [0.29, 0.717) is 0 Å². The van der Waals surface area contributed by atoms with Crippen molar-refractivity contribution >= 4 is 0 Å². The fourth-order valence-corrected chi connectivity index (χ4v) is 0.876. The first-order valence-electron chi connectivity index (χ1n) is 3.30. The Morgan fingerprint density at radius 3 is 2.38 bits per heavy atom. The quantitative estimate of drug-likeness (QED) is 0.490. The van der Waals surface area contributed by atoms with E-state index in [4.69, 9.17) is 10.3 Å². The van der Waals surface area contributed by atoms with Gasteiger partial charge in [0.2, 0.25) is 0 Å². The van der Waals surface area contributed by atoms with Gasteiger partial charge in [0.25, 0.3) is 0 Å². The lowest BCUT2D eigenvalue weighted by Gasteiger charge is -2.06. The van der Waals surface area contributed by atoms with Gasteiger partial charge >= 0.3 is 0 Å². The summed E-state index contributed by atoms with van der Waals surface area (Å²) in [6, 6.07) is 0.228. The molecule has 0 aromatic heterocycles. The van der Waals surface area contributed by atoms with Gasteiger partial charge in [-0.25, -0.2) is 18.7 Å². The Labute approximate surface area is 71.4 Å². The number of halogens is 3. The molecule has 0 unspecified atom stereocenters. The number of hydroxylamine groups is 1. The van der Waals surface area contributed by atoms with Gasteiger partial charge in [-0.15, -0.1) is 0 Å². The second kappa shape index (κ2) is 3.63. The van der Waals surface area contributed by atoms with Crippen LogP contribution in [0.1, 0.15) is 5.56 Å². The van der Waals surface area contributed by atoms with Crippen LogP contribution >= 0.6 is 0 Å². The van der Waals surface area contributed by atoms with Crippen molar-refractivity contribution in [2.24, 2.45) is 0 Å². The Morgan fingerprint density at radius 2 is 1.85 bits per heavy atom. The molecule has 3 N–H and O–H groups in total. The normalized spacial score (nSPS) is 10.5. The van der Waals surface area contributed by atoms with Crippen LogP contribution in [0.4, 0.5) is 13.2 Å². The fourth-order valence-electron chi connectivity index (χ4n) is 0.876. The number of hydrogen-bond donors (Lipinski definition) is 3. The van der Waals surface area contributed by atoms with Crippen molar-refractivity contribution in [2.75, 3.05) is 0 Å². The van der Waals surface area contributed by atoms with Crippen molar-refractivity contribution in [3.8, 4) is 5.75 Å². The molecular formula is C7H6F3NO2. The molecule has 0 heterocycles. The molecule has 0 radical (unpaired) electrons. The second-order valence-electron chi connectivity index (χ2n) is 2.32. The highest BCUT2D eigenvalue weighted by molar-refractivity contribution is 5.35. The number of hydrogen-bond acceptors (Lipinski definition) is 3. The number of phenolic OH excluding ortho intramolecular Hbond substituents is 1. The Kier molecular flexibility index (Phi) is 2.74. The first-order chi connectivity index (χ1) is 6.07. The number of phenols is 1. The van der Waals surface area contributed by atoms with Crippen LogP contribution in [-0.4, -0.2) is 10.3 Å². The van der Waals surface area contributed by atoms with Crippen molar-refractivity contribution in [1.29, 1.82) is 0 Å². The van der Waals surface area contributed by atoms with Crippen molar-refractivity contribution in [2.45, 2.75) is 6.54 Å². The molecule has 0 aliphatic heterocycles. The molecule has 0 aliphatic rings. The molecule has 0 aliphatic carbocycles. The summed E-state index contributed by atoms with van der Waals surface area (Å²) in [5.41, 5.74) is 0.834. The zero-order valence-corrected chi connectivity index (χ0v) is 6.31. The monoisotopic (exact) mass is 193 g/mol. The van der Waals surface area contributed by atoms with Crippen LogP contribution in [-0.2, 0) is 6.54 Å². The summed E-state index contributed by atoms with van der Waals surface area (Å²) in [7, 11) is 0. The van der Waals surface area contributed by atoms with Gasteiger partial charge in [-0.05, 0) is 0 Å². The molecular weight excluding hydrogens is 187 g/mol. The molecule has 3 nitrogen and oxygen atoms in total. The summed E-state index contributed by atoms with van der Waals surface area (Å²) in [5.74, 6) is -5.09. The summed E-state index contributed by atoms with van der Waals surface area (Å²) in [6.07, 6.45) is 0. The molecule has 13 heavy (non-hydrogen) atoms. The van der Waals surface area contributed by atoms with Gasteiger partial charge in [-0.2, -0.15) is 0 Å². The largest absolute Gasteiger partial charge is 0.505 e. The molecule has 0 amide bonds. The average Bonchev–Trinajstić information content (AvgIpc) is 2.09. The van der Waals surface area contributed by atoms with Crippen molar-refractivity contribution in [3.05, 3.63) is 29.1 Å². The second-order valence-corrected chi connectivity index (χ2v) is 2.32. The Morgan fingerprint density at radius 1 is 1.23 bits per heavy atom. The molecule has 0 bridgehead atoms. The maximum Gasteiger partial charge on any atom is 0.168 e. The van der Waals surface area contributed by atoms with E-state index < -0.39 is 35.3 Å². The molecule has 0 spiro atoms. The lowest BCUT2D eigenvalue weighted by atomic mass is 10.1. The summed E-state index contributed by atoms with van der Waals surface area (Å²) in [5, 5.41) is 17.1. The lowest BCUT2D eigenvalue weighted by Crippen LogP contribution is -2.10. The van der Waals surface area contributed by atoms with E-state index in [1.54, 1.807) is 0 Å². The third-order valence-corrected chi connectivity index (χ3v) is 1.50. The van der Waals surface area contributed by atoms with E-state index in [2.05, 4.69) is 0 Å². The first kappa shape index (κ1) is 9.82. The zero-order chi connectivity index (χ0) is 10.0.